The number of nitrogens with one attached hydrogen (secondary N) is 1. The first-order valence-corrected chi connectivity index (χ1v) is 13.6. The second-order valence-corrected chi connectivity index (χ2v) is 11.1. The van der Waals surface area contributed by atoms with Gasteiger partial charge in [0.1, 0.15) is 12.4 Å². The Balaban J connectivity index is 1.23. The van der Waals surface area contributed by atoms with Gasteiger partial charge >= 0.3 is 0 Å². The molecule has 3 heterocycles. The number of carbonyl (C=O) groups is 2. The molecule has 0 aliphatic carbocycles. The van der Waals surface area contributed by atoms with Gasteiger partial charge in [0.2, 0.25) is 18.1 Å². The number of carbonyl (C=O) groups excluding carboxylic acids is 2. The van der Waals surface area contributed by atoms with E-state index in [1.165, 1.54) is 46.7 Å². The molecule has 2 aromatic carbocycles. The number of aromatic nitrogens is 1. The number of amides is 2. The molecule has 0 spiro atoms. The fourth-order valence-corrected chi connectivity index (χ4v) is 6.19. The van der Waals surface area contributed by atoms with Crippen molar-refractivity contribution in [3.8, 4) is 0 Å². The van der Waals surface area contributed by atoms with Gasteiger partial charge in [-0.2, -0.15) is 4.58 Å². The van der Waals surface area contributed by atoms with Crippen LogP contribution in [0.2, 0.25) is 0 Å². The van der Waals surface area contributed by atoms with Crippen molar-refractivity contribution in [2.45, 2.75) is 18.2 Å². The zero-order valence-electron chi connectivity index (χ0n) is 19.3. The van der Waals surface area contributed by atoms with Crippen LogP contribution in [0, 0.1) is 5.82 Å². The van der Waals surface area contributed by atoms with Gasteiger partial charge in [-0.05, 0) is 36.4 Å². The highest BCUT2D eigenvalue weighted by Crippen LogP contribution is 2.27. The number of rotatable bonds is 6. The van der Waals surface area contributed by atoms with Crippen molar-refractivity contribution in [1.82, 2.24) is 9.88 Å². The Labute approximate surface area is 211 Å². The van der Waals surface area contributed by atoms with Crippen molar-refractivity contribution < 1.29 is 27.0 Å². The Morgan fingerprint density at radius 1 is 1.19 bits per heavy atom. The largest absolute Gasteiger partial charge is 0.326 e. The van der Waals surface area contributed by atoms with Crippen LogP contribution in [0.15, 0.2) is 58.9 Å². The number of fused-ring (bicyclic) bond motifs is 1. The van der Waals surface area contributed by atoms with Gasteiger partial charge in [0.15, 0.2) is 10.8 Å². The summed E-state index contributed by atoms with van der Waals surface area (Å²) in [4.78, 5) is 32.9. The number of sulfonamides is 1. The molecular weight excluding hydrogens is 505 g/mol. The maximum Gasteiger partial charge on any atom is 0.289 e. The van der Waals surface area contributed by atoms with Gasteiger partial charge in [-0.1, -0.05) is 0 Å². The fraction of sp³-hybridized carbons (Fsp3) is 0.250. The first-order valence-electron chi connectivity index (χ1n) is 11.2. The van der Waals surface area contributed by atoms with Gasteiger partial charge in [0.05, 0.1) is 11.3 Å². The van der Waals surface area contributed by atoms with Gasteiger partial charge in [-0.25, -0.2) is 17.8 Å². The van der Waals surface area contributed by atoms with Crippen LogP contribution in [0.1, 0.15) is 12.5 Å². The lowest BCUT2D eigenvalue weighted by Gasteiger charge is -2.34. The summed E-state index contributed by atoms with van der Waals surface area (Å²) in [6.07, 6.45) is 2.09. The molecule has 12 heteroatoms. The number of benzene rings is 2. The highest BCUT2D eigenvalue weighted by molar-refractivity contribution is 7.93. The summed E-state index contributed by atoms with van der Waals surface area (Å²) >= 11 is 1.17. The minimum atomic E-state index is -3.79. The molecule has 1 N–H and O–H groups in total. The van der Waals surface area contributed by atoms with Gasteiger partial charge in [0, 0.05) is 48.9 Å². The molecule has 0 saturated carbocycles. The number of halogens is 1. The zero-order valence-corrected chi connectivity index (χ0v) is 21.0. The SMILES string of the molecule is CC1=[N+](CC(=O)N2CCN(c3ccc(S(=O)(=O)Nc4nccs4)cc3)C(=O)C2)c2ccc(F)cc2C1. The molecule has 0 atom stereocenters. The molecule has 36 heavy (non-hydrogen) atoms. The van der Waals surface area contributed by atoms with E-state index in [1.54, 1.807) is 28.5 Å². The molecule has 0 bridgehead atoms. The van der Waals surface area contributed by atoms with E-state index < -0.39 is 10.0 Å². The summed E-state index contributed by atoms with van der Waals surface area (Å²) in [6.45, 7) is 2.55. The standard InChI is InChI=1S/C24H23FN5O4S2/c1-16-12-17-13-18(25)2-7-21(17)30(16)15-22(31)28-9-10-29(23(32)14-28)19-3-5-20(6-4-19)36(33,34)27-24-26-8-11-35-24/h2-8,11,13H,9-10,12,14-15H2,1H3,(H,26,27)/q+1. The third-order valence-electron chi connectivity index (χ3n) is 6.22. The van der Waals surface area contributed by atoms with E-state index in [2.05, 4.69) is 9.71 Å². The van der Waals surface area contributed by atoms with E-state index in [0.29, 0.717) is 25.2 Å². The topological polar surface area (TPSA) is 103 Å². The molecule has 1 fully saturated rings. The van der Waals surface area contributed by atoms with E-state index in [0.717, 1.165) is 17.0 Å². The number of nitrogens with zero attached hydrogens (tertiary/aromatic N) is 4. The van der Waals surface area contributed by atoms with E-state index in [9.17, 15) is 22.4 Å². The maximum atomic E-state index is 13.6. The van der Waals surface area contributed by atoms with Crippen molar-refractivity contribution in [1.29, 1.82) is 0 Å². The van der Waals surface area contributed by atoms with E-state index in [4.69, 9.17) is 0 Å². The van der Waals surface area contributed by atoms with Gasteiger partial charge in [0.25, 0.3) is 15.9 Å². The molecule has 5 rings (SSSR count). The van der Waals surface area contributed by atoms with Crippen LogP contribution in [-0.4, -0.2) is 66.6 Å². The highest BCUT2D eigenvalue weighted by Gasteiger charge is 2.34. The lowest BCUT2D eigenvalue weighted by Crippen LogP contribution is -2.53. The van der Waals surface area contributed by atoms with Crippen LogP contribution in [0.3, 0.4) is 0 Å². The minimum Gasteiger partial charge on any atom is -0.326 e. The zero-order chi connectivity index (χ0) is 25.4. The predicted octanol–water partition coefficient (Wildman–Crippen LogP) is 2.62. The molecular formula is C24H23FN5O4S2+. The molecule has 3 aromatic rings. The van der Waals surface area contributed by atoms with Crippen LogP contribution in [0.5, 0.6) is 0 Å². The molecule has 186 valence electrons. The first kappa shape index (κ1) is 24.1. The average molecular weight is 529 g/mol. The quantitative estimate of drug-likeness (QED) is 0.496. The third kappa shape index (κ3) is 4.73. The summed E-state index contributed by atoms with van der Waals surface area (Å²) in [5.74, 6) is -0.747. The van der Waals surface area contributed by atoms with E-state index in [-0.39, 0.29) is 40.7 Å². The number of piperazine rings is 1. The molecule has 0 unspecified atom stereocenters. The van der Waals surface area contributed by atoms with Crippen molar-refractivity contribution in [3.05, 3.63) is 65.4 Å². The summed E-state index contributed by atoms with van der Waals surface area (Å²) in [5.41, 5.74) is 3.16. The Morgan fingerprint density at radius 3 is 2.67 bits per heavy atom. The molecule has 2 aliphatic rings. The highest BCUT2D eigenvalue weighted by atomic mass is 32.2. The Bertz CT molecular complexity index is 1470. The summed E-state index contributed by atoms with van der Waals surface area (Å²) in [7, 11) is -3.79. The Kier molecular flexibility index (Phi) is 6.31. The number of hydrogen-bond donors (Lipinski definition) is 1. The molecule has 0 radical (unpaired) electrons. The lowest BCUT2D eigenvalue weighted by atomic mass is 10.1. The average Bonchev–Trinajstić information content (AvgIpc) is 3.45. The molecule has 2 amide bonds. The summed E-state index contributed by atoms with van der Waals surface area (Å²) in [5, 5.41) is 1.94. The lowest BCUT2D eigenvalue weighted by molar-refractivity contribution is -0.427. The predicted molar refractivity (Wildman–Crippen MR) is 134 cm³/mol. The Morgan fingerprint density at radius 2 is 1.97 bits per heavy atom. The normalized spacial score (nSPS) is 15.9. The van der Waals surface area contributed by atoms with Gasteiger partial charge in [-0.15, -0.1) is 11.3 Å². The molecule has 9 nitrogen and oxygen atoms in total. The molecule has 1 saturated heterocycles. The van der Waals surface area contributed by atoms with Crippen LogP contribution in [0.25, 0.3) is 0 Å². The van der Waals surface area contributed by atoms with E-state index in [1.807, 2.05) is 11.5 Å². The maximum absolute atomic E-state index is 13.6. The monoisotopic (exact) mass is 528 g/mol. The third-order valence-corrected chi connectivity index (χ3v) is 8.39. The molecule has 2 aliphatic heterocycles. The Hall–Kier alpha value is -3.64. The number of hydrogen-bond acceptors (Lipinski definition) is 6. The summed E-state index contributed by atoms with van der Waals surface area (Å²) in [6, 6.07) is 10.5. The van der Waals surface area contributed by atoms with Crippen LogP contribution in [-0.2, 0) is 26.0 Å². The van der Waals surface area contributed by atoms with Gasteiger partial charge in [-0.3, -0.25) is 14.3 Å². The van der Waals surface area contributed by atoms with Crippen LogP contribution < -0.4 is 9.62 Å². The van der Waals surface area contributed by atoms with Crippen molar-refractivity contribution >= 4 is 55.4 Å². The van der Waals surface area contributed by atoms with E-state index >= 15 is 0 Å². The van der Waals surface area contributed by atoms with Crippen LogP contribution >= 0.6 is 11.3 Å². The number of thiazole rings is 1. The van der Waals surface area contributed by atoms with Gasteiger partial charge < -0.3 is 9.80 Å². The smallest absolute Gasteiger partial charge is 0.289 e. The first-order chi connectivity index (χ1) is 17.2. The second-order valence-electron chi connectivity index (χ2n) is 8.57. The second kappa shape index (κ2) is 9.43. The van der Waals surface area contributed by atoms with Crippen LogP contribution in [0.4, 0.5) is 20.9 Å². The van der Waals surface area contributed by atoms with Crippen molar-refractivity contribution in [2.75, 3.05) is 35.8 Å². The summed E-state index contributed by atoms with van der Waals surface area (Å²) < 4.78 is 42.9. The number of anilines is 2. The fourth-order valence-electron chi connectivity index (χ4n) is 4.40. The molecule has 1 aromatic heterocycles. The minimum absolute atomic E-state index is 0.0557. The van der Waals surface area contributed by atoms with Crippen molar-refractivity contribution in [3.63, 3.8) is 0 Å². The van der Waals surface area contributed by atoms with Crippen molar-refractivity contribution in [2.24, 2.45) is 0 Å².